The standard InChI is InChI=1S/C38H42N3O/c1-23(2)28-20-27(26-15-11-10-12-16-26)21-29(24(3)4)35(28)41-33-18-14-13-17-32(33)40(9)36(41)30-22-31-34(19-25(30)5)42-37(39-31)38(6,7)8/h10-24H,1-9H3/q+1. The molecule has 42 heavy (non-hydrogen) atoms. The normalized spacial score (nSPS) is 12.4. The van der Waals surface area contributed by atoms with E-state index in [4.69, 9.17) is 9.40 Å². The van der Waals surface area contributed by atoms with Crippen LogP contribution in [0.5, 0.6) is 0 Å². The molecule has 4 aromatic carbocycles. The van der Waals surface area contributed by atoms with Gasteiger partial charge in [0.2, 0.25) is 5.89 Å². The van der Waals surface area contributed by atoms with Crippen molar-refractivity contribution in [2.75, 3.05) is 0 Å². The van der Waals surface area contributed by atoms with Crippen molar-refractivity contribution >= 4 is 22.1 Å². The van der Waals surface area contributed by atoms with Gasteiger partial charge < -0.3 is 4.42 Å². The zero-order valence-electron chi connectivity index (χ0n) is 26.4. The largest absolute Gasteiger partial charge is 0.440 e. The summed E-state index contributed by atoms with van der Waals surface area (Å²) >= 11 is 0. The van der Waals surface area contributed by atoms with Crippen LogP contribution >= 0.6 is 0 Å². The Hall–Kier alpha value is -4.18. The molecule has 0 aliphatic heterocycles. The molecule has 0 fully saturated rings. The van der Waals surface area contributed by atoms with E-state index in [1.54, 1.807) is 0 Å². The Labute approximate surface area is 249 Å². The molecule has 0 aliphatic rings. The van der Waals surface area contributed by atoms with E-state index in [9.17, 15) is 0 Å². The second kappa shape index (κ2) is 10.3. The number of aromatic nitrogens is 3. The van der Waals surface area contributed by atoms with Gasteiger partial charge >= 0.3 is 0 Å². The first-order valence-corrected chi connectivity index (χ1v) is 15.1. The SMILES string of the molecule is Cc1cc2oc(C(C)(C)C)nc2cc1-c1n(-c2c(C(C)C)cc(-c3ccccc3)cc2C(C)C)c2ccccc2[n+]1C. The van der Waals surface area contributed by atoms with Crippen molar-refractivity contribution in [3.05, 3.63) is 101 Å². The highest BCUT2D eigenvalue weighted by atomic mass is 16.3. The fourth-order valence-corrected chi connectivity index (χ4v) is 6.10. The van der Waals surface area contributed by atoms with E-state index in [2.05, 4.69) is 150 Å². The molecule has 0 atom stereocenters. The van der Waals surface area contributed by atoms with Crippen molar-refractivity contribution in [2.45, 2.75) is 72.6 Å². The summed E-state index contributed by atoms with van der Waals surface area (Å²) in [5, 5.41) is 0. The number of imidazole rings is 1. The first-order chi connectivity index (χ1) is 20.0. The molecule has 0 spiro atoms. The highest BCUT2D eigenvalue weighted by Crippen LogP contribution is 2.40. The van der Waals surface area contributed by atoms with E-state index in [-0.39, 0.29) is 5.41 Å². The maximum atomic E-state index is 6.24. The first kappa shape index (κ1) is 28.0. The molecule has 2 aromatic heterocycles. The Morgan fingerprint density at radius 1 is 0.786 bits per heavy atom. The van der Waals surface area contributed by atoms with Gasteiger partial charge in [0.25, 0.3) is 5.82 Å². The molecule has 6 rings (SSSR count). The molecule has 2 heterocycles. The van der Waals surface area contributed by atoms with Gasteiger partial charge in [0.05, 0.1) is 12.6 Å². The van der Waals surface area contributed by atoms with Gasteiger partial charge in [-0.05, 0) is 71.8 Å². The lowest BCUT2D eigenvalue weighted by Gasteiger charge is -2.21. The number of aryl methyl sites for hydroxylation is 2. The molecule has 0 unspecified atom stereocenters. The summed E-state index contributed by atoms with van der Waals surface area (Å²) in [6, 6.07) is 28.7. The third-order valence-corrected chi connectivity index (χ3v) is 8.37. The topological polar surface area (TPSA) is 34.8 Å². The number of nitrogens with zero attached hydrogens (tertiary/aromatic N) is 3. The highest BCUT2D eigenvalue weighted by molar-refractivity contribution is 5.86. The fraction of sp³-hybridized carbons (Fsp3) is 0.316. The number of rotatable bonds is 5. The average Bonchev–Trinajstić information content (AvgIpc) is 3.50. The van der Waals surface area contributed by atoms with Crippen molar-refractivity contribution in [1.82, 2.24) is 9.55 Å². The molecular formula is C38H42N3O+. The minimum Gasteiger partial charge on any atom is -0.440 e. The van der Waals surface area contributed by atoms with Gasteiger partial charge in [-0.25, -0.2) is 9.55 Å². The third kappa shape index (κ3) is 4.63. The van der Waals surface area contributed by atoms with E-state index in [0.717, 1.165) is 33.9 Å². The molecule has 0 saturated heterocycles. The molecular weight excluding hydrogens is 514 g/mol. The Morgan fingerprint density at radius 3 is 2.02 bits per heavy atom. The van der Waals surface area contributed by atoms with Gasteiger partial charge in [-0.3, -0.25) is 0 Å². The number of oxazole rings is 1. The van der Waals surface area contributed by atoms with E-state index in [1.165, 1.54) is 39.0 Å². The van der Waals surface area contributed by atoms with Gasteiger partial charge in [0.15, 0.2) is 16.6 Å². The predicted molar refractivity (Wildman–Crippen MR) is 175 cm³/mol. The molecule has 0 bridgehead atoms. The zero-order valence-corrected chi connectivity index (χ0v) is 26.4. The van der Waals surface area contributed by atoms with Crippen molar-refractivity contribution in [3.8, 4) is 28.2 Å². The maximum Gasteiger partial charge on any atom is 0.295 e. The minimum absolute atomic E-state index is 0.161. The number of para-hydroxylation sites is 2. The van der Waals surface area contributed by atoms with E-state index in [0.29, 0.717) is 11.8 Å². The summed E-state index contributed by atoms with van der Waals surface area (Å²) in [6.07, 6.45) is 0. The molecule has 0 radical (unpaired) electrons. The lowest BCUT2D eigenvalue weighted by molar-refractivity contribution is -0.633. The Balaban J connectivity index is 1.72. The van der Waals surface area contributed by atoms with Crippen molar-refractivity contribution in [1.29, 1.82) is 0 Å². The van der Waals surface area contributed by atoms with Gasteiger partial charge in [-0.2, -0.15) is 4.57 Å². The monoisotopic (exact) mass is 556 g/mol. The lowest BCUT2D eigenvalue weighted by atomic mass is 9.88. The molecule has 0 amide bonds. The number of hydrogen-bond donors (Lipinski definition) is 0. The Bertz CT molecular complexity index is 1900. The third-order valence-electron chi connectivity index (χ3n) is 8.37. The van der Waals surface area contributed by atoms with Crippen molar-refractivity contribution in [3.63, 3.8) is 0 Å². The van der Waals surface area contributed by atoms with E-state index in [1.807, 2.05) is 0 Å². The quantitative estimate of drug-likeness (QED) is 0.198. The van der Waals surface area contributed by atoms with Crippen molar-refractivity contribution < 1.29 is 8.98 Å². The summed E-state index contributed by atoms with van der Waals surface area (Å²) in [5.41, 5.74) is 12.8. The predicted octanol–water partition coefficient (Wildman–Crippen LogP) is 9.78. The molecule has 0 aliphatic carbocycles. The summed E-state index contributed by atoms with van der Waals surface area (Å²) < 4.78 is 11.1. The van der Waals surface area contributed by atoms with Crippen LogP contribution in [0.25, 0.3) is 50.3 Å². The molecule has 4 heteroatoms. The molecule has 0 N–H and O–H groups in total. The van der Waals surface area contributed by atoms with Crippen LogP contribution in [0.15, 0.2) is 83.3 Å². The minimum atomic E-state index is -0.161. The molecule has 214 valence electrons. The highest BCUT2D eigenvalue weighted by Gasteiger charge is 2.32. The summed E-state index contributed by atoms with van der Waals surface area (Å²) in [6.45, 7) is 17.8. The molecule has 0 saturated carbocycles. The second-order valence-electron chi connectivity index (χ2n) is 13.3. The fourth-order valence-electron chi connectivity index (χ4n) is 6.10. The Kier molecular flexibility index (Phi) is 6.84. The molecule has 6 aromatic rings. The summed E-state index contributed by atoms with van der Waals surface area (Å²) in [7, 11) is 2.18. The van der Waals surface area contributed by atoms with Gasteiger partial charge in [-0.15, -0.1) is 0 Å². The Morgan fingerprint density at radius 2 is 1.40 bits per heavy atom. The van der Waals surface area contributed by atoms with Gasteiger partial charge in [0.1, 0.15) is 11.2 Å². The maximum absolute atomic E-state index is 6.24. The van der Waals surface area contributed by atoms with Crippen LogP contribution in [-0.4, -0.2) is 9.55 Å². The van der Waals surface area contributed by atoms with Gasteiger partial charge in [-0.1, -0.05) is 90.9 Å². The van der Waals surface area contributed by atoms with Gasteiger partial charge in [0, 0.05) is 16.5 Å². The lowest BCUT2D eigenvalue weighted by Crippen LogP contribution is -2.30. The smallest absolute Gasteiger partial charge is 0.295 e. The zero-order chi connectivity index (χ0) is 29.9. The summed E-state index contributed by atoms with van der Waals surface area (Å²) in [5.74, 6) is 2.56. The molecule has 4 nitrogen and oxygen atoms in total. The van der Waals surface area contributed by atoms with Crippen LogP contribution in [-0.2, 0) is 12.5 Å². The van der Waals surface area contributed by atoms with Crippen LogP contribution in [0.4, 0.5) is 0 Å². The number of hydrogen-bond acceptors (Lipinski definition) is 2. The van der Waals surface area contributed by atoms with Crippen LogP contribution in [0, 0.1) is 6.92 Å². The average molecular weight is 557 g/mol. The van der Waals surface area contributed by atoms with E-state index >= 15 is 0 Å². The van der Waals surface area contributed by atoms with Crippen LogP contribution in [0.1, 0.15) is 82.9 Å². The second-order valence-corrected chi connectivity index (χ2v) is 13.3. The van der Waals surface area contributed by atoms with Crippen LogP contribution in [0.2, 0.25) is 0 Å². The summed E-state index contributed by atoms with van der Waals surface area (Å²) in [4.78, 5) is 4.95. The first-order valence-electron chi connectivity index (χ1n) is 15.1. The van der Waals surface area contributed by atoms with Crippen LogP contribution < -0.4 is 4.57 Å². The van der Waals surface area contributed by atoms with E-state index < -0.39 is 0 Å². The van der Waals surface area contributed by atoms with Crippen molar-refractivity contribution in [2.24, 2.45) is 7.05 Å². The van der Waals surface area contributed by atoms with Crippen LogP contribution in [0.3, 0.4) is 0 Å². The number of benzene rings is 4. The number of fused-ring (bicyclic) bond motifs is 2.